The molecular formula is C12H12INO5. The van der Waals surface area contributed by atoms with Gasteiger partial charge in [0.2, 0.25) is 0 Å². The van der Waals surface area contributed by atoms with E-state index in [9.17, 15) is 9.59 Å². The molecular weight excluding hydrogens is 365 g/mol. The van der Waals surface area contributed by atoms with Crippen LogP contribution in [0.3, 0.4) is 0 Å². The first-order chi connectivity index (χ1) is 8.93. The van der Waals surface area contributed by atoms with Gasteiger partial charge in [-0.2, -0.15) is 0 Å². The monoisotopic (exact) mass is 377 g/mol. The number of amides is 1. The summed E-state index contributed by atoms with van der Waals surface area (Å²) in [5, 5.41) is 8.57. The van der Waals surface area contributed by atoms with Gasteiger partial charge in [0.1, 0.15) is 0 Å². The Bertz CT molecular complexity index is 527. The fourth-order valence-electron chi connectivity index (χ4n) is 1.29. The van der Waals surface area contributed by atoms with Crippen LogP contribution in [0, 0.1) is 3.57 Å². The first-order valence-corrected chi connectivity index (χ1v) is 6.21. The zero-order valence-corrected chi connectivity index (χ0v) is 12.2. The third kappa shape index (κ3) is 4.78. The highest BCUT2D eigenvalue weighted by Crippen LogP contribution is 2.34. The molecule has 0 unspecified atom stereocenters. The summed E-state index contributed by atoms with van der Waals surface area (Å²) < 4.78 is 11.1. The van der Waals surface area contributed by atoms with Crippen LogP contribution in [0.15, 0.2) is 18.2 Å². The number of hydrogen-bond acceptors (Lipinski definition) is 4. The van der Waals surface area contributed by atoms with Gasteiger partial charge in [-0.3, -0.25) is 4.79 Å². The SMILES string of the molecule is COc1cc(/C=C/C(=O)O)cc(I)c1OCC(N)=O. The zero-order valence-electron chi connectivity index (χ0n) is 10.1. The van der Waals surface area contributed by atoms with Crippen LogP contribution in [0.25, 0.3) is 6.08 Å². The Balaban J connectivity index is 3.07. The number of methoxy groups -OCH3 is 1. The van der Waals surface area contributed by atoms with Gasteiger partial charge < -0.3 is 20.3 Å². The van der Waals surface area contributed by atoms with Crippen molar-refractivity contribution in [2.75, 3.05) is 13.7 Å². The number of carboxylic acids is 1. The number of ether oxygens (including phenoxy) is 2. The molecule has 3 N–H and O–H groups in total. The summed E-state index contributed by atoms with van der Waals surface area (Å²) in [7, 11) is 1.45. The minimum Gasteiger partial charge on any atom is -0.493 e. The highest BCUT2D eigenvalue weighted by atomic mass is 127. The number of carbonyl (C=O) groups excluding carboxylic acids is 1. The summed E-state index contributed by atoms with van der Waals surface area (Å²) in [5.41, 5.74) is 5.66. The predicted octanol–water partition coefficient (Wildman–Crippen LogP) is 1.26. The Labute approximate surface area is 123 Å². The normalized spacial score (nSPS) is 10.4. The number of primary amides is 1. The van der Waals surface area contributed by atoms with Gasteiger partial charge in [0, 0.05) is 6.08 Å². The van der Waals surface area contributed by atoms with E-state index in [0.29, 0.717) is 20.6 Å². The van der Waals surface area contributed by atoms with Crippen LogP contribution in [-0.4, -0.2) is 30.7 Å². The molecule has 0 saturated heterocycles. The number of carbonyl (C=O) groups is 2. The predicted molar refractivity (Wildman–Crippen MR) is 77.1 cm³/mol. The molecule has 0 aliphatic heterocycles. The fourth-order valence-corrected chi connectivity index (χ4v) is 2.07. The maximum absolute atomic E-state index is 10.7. The van der Waals surface area contributed by atoms with E-state index >= 15 is 0 Å². The zero-order chi connectivity index (χ0) is 14.4. The Morgan fingerprint density at radius 3 is 2.68 bits per heavy atom. The standard InChI is InChI=1S/C12H12INO5/c1-18-9-5-7(2-3-11(16)17)4-8(13)12(9)19-6-10(14)15/h2-5H,6H2,1H3,(H2,14,15)(H,16,17)/b3-2+. The van der Waals surface area contributed by atoms with E-state index in [-0.39, 0.29) is 6.61 Å². The van der Waals surface area contributed by atoms with Crippen LogP contribution < -0.4 is 15.2 Å². The van der Waals surface area contributed by atoms with Crippen LogP contribution in [0.2, 0.25) is 0 Å². The maximum Gasteiger partial charge on any atom is 0.328 e. The van der Waals surface area contributed by atoms with E-state index in [1.54, 1.807) is 12.1 Å². The van der Waals surface area contributed by atoms with Gasteiger partial charge in [-0.25, -0.2) is 4.79 Å². The molecule has 7 heteroatoms. The third-order valence-electron chi connectivity index (χ3n) is 2.03. The van der Waals surface area contributed by atoms with Crippen molar-refractivity contribution in [3.8, 4) is 11.5 Å². The van der Waals surface area contributed by atoms with Crippen LogP contribution in [0.4, 0.5) is 0 Å². The second-order valence-corrected chi connectivity index (χ2v) is 4.62. The topological polar surface area (TPSA) is 98.8 Å². The molecule has 0 saturated carbocycles. The van der Waals surface area contributed by atoms with Gasteiger partial charge in [-0.05, 0) is 46.4 Å². The lowest BCUT2D eigenvalue weighted by Gasteiger charge is -2.12. The average Bonchev–Trinajstić information content (AvgIpc) is 2.34. The van der Waals surface area contributed by atoms with Crippen molar-refractivity contribution in [2.45, 2.75) is 0 Å². The Morgan fingerprint density at radius 2 is 2.16 bits per heavy atom. The Kier molecular flexibility index (Phi) is 5.61. The third-order valence-corrected chi connectivity index (χ3v) is 2.83. The summed E-state index contributed by atoms with van der Waals surface area (Å²) in [5.74, 6) is -0.830. The van der Waals surface area contributed by atoms with Crippen molar-refractivity contribution in [1.29, 1.82) is 0 Å². The van der Waals surface area contributed by atoms with Crippen molar-refractivity contribution in [2.24, 2.45) is 5.73 Å². The highest BCUT2D eigenvalue weighted by molar-refractivity contribution is 14.1. The Hall–Kier alpha value is -1.77. The molecule has 0 radical (unpaired) electrons. The minimum absolute atomic E-state index is 0.253. The van der Waals surface area contributed by atoms with Gasteiger partial charge in [-0.1, -0.05) is 0 Å². The van der Waals surface area contributed by atoms with E-state index in [4.69, 9.17) is 20.3 Å². The first kappa shape index (κ1) is 15.3. The molecule has 0 aliphatic carbocycles. The molecule has 0 bridgehead atoms. The average molecular weight is 377 g/mol. The lowest BCUT2D eigenvalue weighted by molar-refractivity contribution is -0.131. The van der Waals surface area contributed by atoms with Gasteiger partial charge >= 0.3 is 5.97 Å². The number of aliphatic carboxylic acids is 1. The van der Waals surface area contributed by atoms with Crippen LogP contribution >= 0.6 is 22.6 Å². The van der Waals surface area contributed by atoms with Gasteiger partial charge in [0.15, 0.2) is 18.1 Å². The number of rotatable bonds is 6. The van der Waals surface area contributed by atoms with Crippen molar-refractivity contribution >= 4 is 40.5 Å². The molecule has 1 amide bonds. The largest absolute Gasteiger partial charge is 0.493 e. The van der Waals surface area contributed by atoms with Gasteiger partial charge in [0.05, 0.1) is 10.7 Å². The molecule has 19 heavy (non-hydrogen) atoms. The first-order valence-electron chi connectivity index (χ1n) is 5.13. The Morgan fingerprint density at radius 1 is 1.47 bits per heavy atom. The molecule has 6 nitrogen and oxygen atoms in total. The summed E-state index contributed by atoms with van der Waals surface area (Å²) in [6, 6.07) is 3.32. The lowest BCUT2D eigenvalue weighted by atomic mass is 10.2. The van der Waals surface area contributed by atoms with Crippen LogP contribution in [0.1, 0.15) is 5.56 Å². The number of nitrogens with two attached hydrogens (primary N) is 1. The van der Waals surface area contributed by atoms with Gasteiger partial charge in [0.25, 0.3) is 5.91 Å². The van der Waals surface area contributed by atoms with Gasteiger partial charge in [-0.15, -0.1) is 0 Å². The van der Waals surface area contributed by atoms with Crippen LogP contribution in [-0.2, 0) is 9.59 Å². The number of benzene rings is 1. The van der Waals surface area contributed by atoms with Crippen molar-refractivity contribution < 1.29 is 24.2 Å². The van der Waals surface area contributed by atoms with E-state index in [0.717, 1.165) is 6.08 Å². The molecule has 0 heterocycles. The van der Waals surface area contributed by atoms with E-state index in [2.05, 4.69) is 0 Å². The smallest absolute Gasteiger partial charge is 0.328 e. The molecule has 1 aromatic carbocycles. The maximum atomic E-state index is 10.7. The molecule has 0 aliphatic rings. The lowest BCUT2D eigenvalue weighted by Crippen LogP contribution is -2.20. The van der Waals surface area contributed by atoms with Crippen molar-refractivity contribution in [3.63, 3.8) is 0 Å². The number of halogens is 1. The summed E-state index contributed by atoms with van der Waals surface area (Å²) in [4.78, 5) is 21.2. The molecule has 0 aromatic heterocycles. The molecule has 102 valence electrons. The van der Waals surface area contributed by atoms with Crippen molar-refractivity contribution in [1.82, 2.24) is 0 Å². The highest BCUT2D eigenvalue weighted by Gasteiger charge is 2.11. The van der Waals surface area contributed by atoms with Crippen LogP contribution in [0.5, 0.6) is 11.5 Å². The molecule has 1 aromatic rings. The summed E-state index contributed by atoms with van der Waals surface area (Å²) in [6.45, 7) is -0.253. The van der Waals surface area contributed by atoms with Crippen molar-refractivity contribution in [3.05, 3.63) is 27.3 Å². The van der Waals surface area contributed by atoms with E-state index in [1.165, 1.54) is 13.2 Å². The molecule has 0 fully saturated rings. The summed E-state index contributed by atoms with van der Waals surface area (Å²) >= 11 is 2.00. The number of carboxylic acid groups (broad SMARTS) is 1. The van der Waals surface area contributed by atoms with E-state index in [1.807, 2.05) is 22.6 Å². The fraction of sp³-hybridized carbons (Fsp3) is 0.167. The second kappa shape index (κ2) is 6.98. The molecule has 1 rings (SSSR count). The summed E-state index contributed by atoms with van der Waals surface area (Å²) in [6.07, 6.45) is 2.46. The number of hydrogen-bond donors (Lipinski definition) is 2. The molecule has 0 atom stereocenters. The molecule has 0 spiro atoms. The minimum atomic E-state index is -1.04. The van der Waals surface area contributed by atoms with E-state index < -0.39 is 11.9 Å². The second-order valence-electron chi connectivity index (χ2n) is 3.46. The quantitative estimate of drug-likeness (QED) is 0.575.